The Hall–Kier alpha value is -1.68. The molecule has 0 aliphatic carbocycles. The molecule has 0 radical (unpaired) electrons. The predicted molar refractivity (Wildman–Crippen MR) is 73.2 cm³/mol. The smallest absolute Gasteiger partial charge is 0.141 e. The molecule has 1 heterocycles. The van der Waals surface area contributed by atoms with Crippen molar-refractivity contribution in [1.29, 1.82) is 0 Å². The molecular formula is C13H16ClN3O. The van der Waals surface area contributed by atoms with Gasteiger partial charge in [-0.3, -0.25) is 0 Å². The van der Waals surface area contributed by atoms with E-state index in [1.54, 1.807) is 11.8 Å². The van der Waals surface area contributed by atoms with Gasteiger partial charge in [-0.15, -0.1) is 0 Å². The maximum Gasteiger partial charge on any atom is 0.141 e. The maximum atomic E-state index is 6.06. The molecule has 0 bridgehead atoms. The summed E-state index contributed by atoms with van der Waals surface area (Å²) in [5.74, 6) is 1.30. The van der Waals surface area contributed by atoms with Gasteiger partial charge < -0.3 is 10.5 Å². The van der Waals surface area contributed by atoms with E-state index in [2.05, 4.69) is 5.10 Å². The Morgan fingerprint density at radius 2 is 2.17 bits per heavy atom. The van der Waals surface area contributed by atoms with E-state index in [9.17, 15) is 0 Å². The average molecular weight is 266 g/mol. The number of nitrogens with two attached hydrogens (primary N) is 1. The number of rotatable bonds is 3. The van der Waals surface area contributed by atoms with Crippen molar-refractivity contribution >= 4 is 17.4 Å². The topological polar surface area (TPSA) is 53.1 Å². The summed E-state index contributed by atoms with van der Waals surface area (Å²) in [4.78, 5) is 0. The number of nitrogen functional groups attached to an aromatic ring is 1. The highest BCUT2D eigenvalue weighted by Gasteiger charge is 2.16. The fourth-order valence-electron chi connectivity index (χ4n) is 1.88. The van der Waals surface area contributed by atoms with Crippen LogP contribution in [-0.4, -0.2) is 16.9 Å². The van der Waals surface area contributed by atoms with Gasteiger partial charge >= 0.3 is 0 Å². The Morgan fingerprint density at radius 1 is 1.44 bits per heavy atom. The average Bonchev–Trinajstić information content (AvgIpc) is 2.65. The summed E-state index contributed by atoms with van der Waals surface area (Å²) in [6, 6.07) is 7.83. The molecule has 0 fully saturated rings. The van der Waals surface area contributed by atoms with Gasteiger partial charge in [0.25, 0.3) is 0 Å². The van der Waals surface area contributed by atoms with Crippen LogP contribution in [0.15, 0.2) is 24.3 Å². The monoisotopic (exact) mass is 265 g/mol. The molecule has 96 valence electrons. The van der Waals surface area contributed by atoms with Crippen LogP contribution in [0.4, 0.5) is 5.82 Å². The van der Waals surface area contributed by atoms with E-state index < -0.39 is 0 Å². The van der Waals surface area contributed by atoms with Gasteiger partial charge in [0, 0.05) is 0 Å². The molecule has 0 saturated carbocycles. The molecule has 1 atom stereocenters. The Morgan fingerprint density at radius 3 is 2.72 bits per heavy atom. The summed E-state index contributed by atoms with van der Waals surface area (Å²) >= 11 is 6.06. The fraction of sp³-hybridized carbons (Fsp3) is 0.308. The molecule has 1 aromatic heterocycles. The lowest BCUT2D eigenvalue weighted by molar-refractivity contribution is 0.413. The van der Waals surface area contributed by atoms with Crippen LogP contribution >= 0.6 is 11.6 Å². The summed E-state index contributed by atoms with van der Waals surface area (Å²) in [5, 5.41) is 4.88. The Kier molecular flexibility index (Phi) is 3.48. The van der Waals surface area contributed by atoms with Gasteiger partial charge in [0.2, 0.25) is 0 Å². The molecule has 0 saturated heterocycles. The standard InChI is InChI=1S/C13H16ClN3O/c1-8-12(14)13(15)17(16-8)9(2)10-5-4-6-11(7-10)18-3/h4-7,9H,15H2,1-3H3. The molecule has 0 aliphatic heterocycles. The number of hydrogen-bond donors (Lipinski definition) is 1. The van der Waals surface area contributed by atoms with Crippen molar-refractivity contribution in [2.24, 2.45) is 0 Å². The molecule has 0 amide bonds. The summed E-state index contributed by atoms with van der Waals surface area (Å²) < 4.78 is 6.94. The van der Waals surface area contributed by atoms with Crippen LogP contribution in [0, 0.1) is 6.92 Å². The van der Waals surface area contributed by atoms with Gasteiger partial charge in [-0.25, -0.2) is 4.68 Å². The Labute approximate surface area is 111 Å². The van der Waals surface area contributed by atoms with E-state index in [1.807, 2.05) is 38.1 Å². The zero-order valence-electron chi connectivity index (χ0n) is 10.6. The SMILES string of the molecule is COc1cccc(C(C)n2nc(C)c(Cl)c2N)c1. The first-order valence-corrected chi connectivity index (χ1v) is 6.06. The molecule has 18 heavy (non-hydrogen) atoms. The first kappa shape index (κ1) is 12.8. The third kappa shape index (κ3) is 2.16. The number of hydrogen-bond acceptors (Lipinski definition) is 3. The van der Waals surface area contributed by atoms with Crippen LogP contribution < -0.4 is 10.5 Å². The number of anilines is 1. The summed E-state index contributed by atoms with van der Waals surface area (Å²) in [6.07, 6.45) is 0. The lowest BCUT2D eigenvalue weighted by atomic mass is 10.1. The summed E-state index contributed by atoms with van der Waals surface area (Å²) in [7, 11) is 1.65. The number of ether oxygens (including phenoxy) is 1. The van der Waals surface area contributed by atoms with Gasteiger partial charge in [-0.1, -0.05) is 23.7 Å². The van der Waals surface area contributed by atoms with Crippen molar-refractivity contribution in [3.8, 4) is 5.75 Å². The summed E-state index contributed by atoms with van der Waals surface area (Å²) in [6.45, 7) is 3.86. The van der Waals surface area contributed by atoms with Gasteiger partial charge in [-0.2, -0.15) is 5.10 Å². The predicted octanol–water partition coefficient (Wildman–Crippen LogP) is 3.05. The van der Waals surface area contributed by atoms with E-state index >= 15 is 0 Å². The van der Waals surface area contributed by atoms with Gasteiger partial charge in [0.05, 0.1) is 18.8 Å². The third-order valence-electron chi connectivity index (χ3n) is 2.99. The van der Waals surface area contributed by atoms with Gasteiger partial charge in [0.15, 0.2) is 0 Å². The normalized spacial score (nSPS) is 12.4. The van der Waals surface area contributed by atoms with Crippen molar-refractivity contribution in [2.45, 2.75) is 19.9 Å². The van der Waals surface area contributed by atoms with Crippen molar-refractivity contribution in [2.75, 3.05) is 12.8 Å². The second-order valence-corrected chi connectivity index (χ2v) is 4.56. The van der Waals surface area contributed by atoms with Crippen molar-refractivity contribution in [1.82, 2.24) is 9.78 Å². The zero-order valence-corrected chi connectivity index (χ0v) is 11.4. The second kappa shape index (κ2) is 4.90. The fourth-order valence-corrected chi connectivity index (χ4v) is 2.01. The largest absolute Gasteiger partial charge is 0.497 e. The van der Waals surface area contributed by atoms with Crippen molar-refractivity contribution in [3.63, 3.8) is 0 Å². The van der Waals surface area contributed by atoms with Crippen LogP contribution in [-0.2, 0) is 0 Å². The molecule has 2 rings (SSSR count). The van der Waals surface area contributed by atoms with Gasteiger partial charge in [-0.05, 0) is 31.5 Å². The molecule has 5 heteroatoms. The second-order valence-electron chi connectivity index (χ2n) is 4.18. The van der Waals surface area contributed by atoms with Crippen molar-refractivity contribution in [3.05, 3.63) is 40.5 Å². The van der Waals surface area contributed by atoms with Crippen LogP contribution in [0.2, 0.25) is 5.02 Å². The molecule has 1 aromatic carbocycles. The minimum atomic E-state index is 0.00583. The highest BCUT2D eigenvalue weighted by Crippen LogP contribution is 2.29. The molecule has 0 spiro atoms. The van der Waals surface area contributed by atoms with E-state index in [-0.39, 0.29) is 6.04 Å². The number of aromatic nitrogens is 2. The van der Waals surface area contributed by atoms with Gasteiger partial charge in [0.1, 0.15) is 16.6 Å². The lowest BCUT2D eigenvalue weighted by Crippen LogP contribution is -2.11. The number of nitrogens with zero attached hydrogens (tertiary/aromatic N) is 2. The zero-order chi connectivity index (χ0) is 13.3. The minimum Gasteiger partial charge on any atom is -0.497 e. The number of methoxy groups -OCH3 is 1. The number of benzene rings is 1. The molecular weight excluding hydrogens is 250 g/mol. The number of halogens is 1. The highest BCUT2D eigenvalue weighted by molar-refractivity contribution is 6.33. The Bertz CT molecular complexity index is 565. The molecule has 2 N–H and O–H groups in total. The molecule has 4 nitrogen and oxygen atoms in total. The quantitative estimate of drug-likeness (QED) is 0.928. The van der Waals surface area contributed by atoms with Crippen LogP contribution in [0.5, 0.6) is 5.75 Å². The molecule has 0 aliphatic rings. The summed E-state index contributed by atoms with van der Waals surface area (Å²) in [5.41, 5.74) is 7.76. The first-order valence-electron chi connectivity index (χ1n) is 5.68. The van der Waals surface area contributed by atoms with Crippen LogP contribution in [0.25, 0.3) is 0 Å². The van der Waals surface area contributed by atoms with E-state index in [4.69, 9.17) is 22.1 Å². The molecule has 1 unspecified atom stereocenters. The first-order chi connectivity index (χ1) is 8.54. The van der Waals surface area contributed by atoms with E-state index in [0.717, 1.165) is 17.0 Å². The lowest BCUT2D eigenvalue weighted by Gasteiger charge is -2.15. The minimum absolute atomic E-state index is 0.00583. The van der Waals surface area contributed by atoms with Crippen molar-refractivity contribution < 1.29 is 4.74 Å². The molecule has 2 aromatic rings. The highest BCUT2D eigenvalue weighted by atomic mass is 35.5. The van der Waals surface area contributed by atoms with Crippen LogP contribution in [0.1, 0.15) is 24.2 Å². The number of aryl methyl sites for hydroxylation is 1. The third-order valence-corrected chi connectivity index (χ3v) is 3.46. The van der Waals surface area contributed by atoms with E-state index in [1.165, 1.54) is 0 Å². The Balaban J connectivity index is 2.40. The van der Waals surface area contributed by atoms with Crippen LogP contribution in [0.3, 0.4) is 0 Å². The van der Waals surface area contributed by atoms with E-state index in [0.29, 0.717) is 10.8 Å². The maximum absolute atomic E-state index is 6.06.